The molecule has 2 aliphatic carbocycles. The van der Waals surface area contributed by atoms with Gasteiger partial charge in [0.1, 0.15) is 0 Å². The van der Waals surface area contributed by atoms with Gasteiger partial charge in [-0.2, -0.15) is 0 Å². The topological polar surface area (TPSA) is 74.6 Å². The minimum atomic E-state index is -1.11. The largest absolute Gasteiger partial charge is 0.478 e. The number of carboxylic acid groups (broad SMARTS) is 2. The van der Waals surface area contributed by atoms with Crippen LogP contribution in [0, 0.1) is 16.4 Å². The second-order valence-corrected chi connectivity index (χ2v) is 9.29. The van der Waals surface area contributed by atoms with Crippen molar-refractivity contribution in [3.05, 3.63) is 101 Å². The van der Waals surface area contributed by atoms with Crippen molar-refractivity contribution in [2.45, 2.75) is 25.7 Å². The molecular weight excluding hydrogens is 459 g/mol. The van der Waals surface area contributed by atoms with E-state index in [-0.39, 0.29) is 17.0 Å². The molecule has 3 aromatic rings. The minimum Gasteiger partial charge on any atom is -0.478 e. The Morgan fingerprint density at radius 1 is 0.909 bits per heavy atom. The molecule has 0 amide bonds. The molecule has 0 spiro atoms. The second kappa shape index (κ2) is 8.36. The van der Waals surface area contributed by atoms with Gasteiger partial charge < -0.3 is 10.2 Å². The maximum atomic E-state index is 11.7. The Bertz CT molecular complexity index is 1520. The molecule has 166 valence electrons. The van der Waals surface area contributed by atoms with Crippen molar-refractivity contribution in [1.29, 1.82) is 0 Å². The zero-order chi connectivity index (χ0) is 23.3. The summed E-state index contributed by atoms with van der Waals surface area (Å²) >= 11 is 12.6. The number of carbonyl (C=O) groups is 2. The van der Waals surface area contributed by atoms with Gasteiger partial charge in [-0.15, -0.1) is 0 Å². The maximum absolute atomic E-state index is 11.7. The van der Waals surface area contributed by atoms with E-state index in [9.17, 15) is 19.8 Å². The number of carboxylic acids is 2. The third-order valence-electron chi connectivity index (χ3n) is 6.68. The van der Waals surface area contributed by atoms with E-state index in [2.05, 4.69) is 24.3 Å². The zero-order valence-corrected chi connectivity index (χ0v) is 19.1. The predicted octanol–water partition coefficient (Wildman–Crippen LogP) is 4.60. The van der Waals surface area contributed by atoms with Crippen molar-refractivity contribution in [3.8, 4) is 0 Å². The lowest BCUT2D eigenvalue weighted by atomic mass is 9.81. The summed E-state index contributed by atoms with van der Waals surface area (Å²) in [5, 5.41) is 24.6. The van der Waals surface area contributed by atoms with Crippen LogP contribution >= 0.6 is 23.2 Å². The molecule has 0 bridgehead atoms. The molecule has 0 aliphatic heterocycles. The zero-order valence-electron chi connectivity index (χ0n) is 17.6. The van der Waals surface area contributed by atoms with Gasteiger partial charge in [-0.05, 0) is 87.4 Å². The third kappa shape index (κ3) is 3.73. The molecule has 2 N–H and O–H groups in total. The SMILES string of the molecule is O=C(O)c1cccc(C(=O)O)c1CC1C=c2ccc3c(c2CC1)CC=c1c(Cl)c(Cl)ccc1=3. The lowest BCUT2D eigenvalue weighted by molar-refractivity contribution is 0.0695. The van der Waals surface area contributed by atoms with Crippen LogP contribution in [0.5, 0.6) is 0 Å². The van der Waals surface area contributed by atoms with Crippen LogP contribution in [-0.2, 0) is 19.3 Å². The highest BCUT2D eigenvalue weighted by molar-refractivity contribution is 6.42. The van der Waals surface area contributed by atoms with E-state index in [4.69, 9.17) is 23.2 Å². The molecule has 0 fully saturated rings. The Kier molecular flexibility index (Phi) is 5.51. The van der Waals surface area contributed by atoms with Crippen molar-refractivity contribution in [2.75, 3.05) is 0 Å². The van der Waals surface area contributed by atoms with E-state index in [1.807, 2.05) is 12.1 Å². The van der Waals surface area contributed by atoms with Crippen molar-refractivity contribution >= 4 is 47.3 Å². The highest BCUT2D eigenvalue weighted by atomic mass is 35.5. The first-order valence-corrected chi connectivity index (χ1v) is 11.5. The smallest absolute Gasteiger partial charge is 0.335 e. The van der Waals surface area contributed by atoms with Gasteiger partial charge in [0.15, 0.2) is 0 Å². The van der Waals surface area contributed by atoms with Crippen LogP contribution in [0.1, 0.15) is 43.8 Å². The van der Waals surface area contributed by atoms with Crippen LogP contribution in [0.4, 0.5) is 0 Å². The molecule has 3 aromatic carbocycles. The van der Waals surface area contributed by atoms with E-state index in [1.54, 1.807) is 0 Å². The number of benzene rings is 3. The summed E-state index contributed by atoms with van der Waals surface area (Å²) in [7, 11) is 0. The van der Waals surface area contributed by atoms with Gasteiger partial charge in [-0.1, -0.05) is 59.6 Å². The van der Waals surface area contributed by atoms with Gasteiger partial charge in [-0.3, -0.25) is 0 Å². The standard InChI is InChI=1S/C27H20Cl2O4/c28-24-11-10-19-18-7-5-15-12-14(4-6-16(15)17(18)8-9-20(19)25(24)29)13-23-21(26(30)31)2-1-3-22(23)27(32)33/h1-3,5,7,9-12,14H,4,6,8,13H2,(H,30,31)(H,32,33). The highest BCUT2D eigenvalue weighted by Gasteiger charge is 2.23. The summed E-state index contributed by atoms with van der Waals surface area (Å²) in [6.07, 6.45) is 7.11. The maximum Gasteiger partial charge on any atom is 0.335 e. The van der Waals surface area contributed by atoms with Crippen LogP contribution in [0.2, 0.25) is 10.0 Å². The molecular formula is C27H20Cl2O4. The van der Waals surface area contributed by atoms with Gasteiger partial charge in [0, 0.05) is 0 Å². The van der Waals surface area contributed by atoms with Crippen LogP contribution in [0.3, 0.4) is 0 Å². The Labute approximate surface area is 199 Å². The molecule has 2 aliphatic rings. The van der Waals surface area contributed by atoms with Crippen LogP contribution in [0.15, 0.2) is 42.5 Å². The Hall–Kier alpha value is -3.08. The summed E-state index contributed by atoms with van der Waals surface area (Å²) in [5.74, 6) is -2.15. The van der Waals surface area contributed by atoms with Crippen LogP contribution in [0.25, 0.3) is 12.2 Å². The van der Waals surface area contributed by atoms with Crippen LogP contribution < -0.4 is 10.4 Å². The number of hydrogen-bond acceptors (Lipinski definition) is 2. The van der Waals surface area contributed by atoms with E-state index in [0.717, 1.165) is 34.9 Å². The molecule has 0 heterocycles. The number of hydrogen-bond donors (Lipinski definition) is 2. The Morgan fingerprint density at radius 3 is 2.30 bits per heavy atom. The molecule has 1 atom stereocenters. The van der Waals surface area contributed by atoms with Crippen LogP contribution in [-0.4, -0.2) is 22.2 Å². The van der Waals surface area contributed by atoms with Crippen molar-refractivity contribution < 1.29 is 19.8 Å². The van der Waals surface area contributed by atoms with Gasteiger partial charge in [-0.25, -0.2) is 9.59 Å². The highest BCUT2D eigenvalue weighted by Crippen LogP contribution is 2.27. The molecule has 0 saturated carbocycles. The average Bonchev–Trinajstić information content (AvgIpc) is 2.80. The minimum absolute atomic E-state index is 0.0567. The fourth-order valence-corrected chi connectivity index (χ4v) is 5.56. The molecule has 4 nitrogen and oxygen atoms in total. The number of halogens is 2. The van der Waals surface area contributed by atoms with Gasteiger partial charge >= 0.3 is 11.9 Å². The van der Waals surface area contributed by atoms with Crippen molar-refractivity contribution in [1.82, 2.24) is 0 Å². The molecule has 5 rings (SSSR count). The van der Waals surface area contributed by atoms with E-state index in [1.165, 1.54) is 34.5 Å². The molecule has 0 radical (unpaired) electrons. The van der Waals surface area contributed by atoms with E-state index in [0.29, 0.717) is 22.0 Å². The number of rotatable bonds is 4. The quantitative estimate of drug-likeness (QED) is 0.574. The van der Waals surface area contributed by atoms with Gasteiger partial charge in [0.2, 0.25) is 0 Å². The Morgan fingerprint density at radius 2 is 1.61 bits per heavy atom. The average molecular weight is 479 g/mol. The summed E-state index contributed by atoms with van der Waals surface area (Å²) in [6.45, 7) is 0. The third-order valence-corrected chi connectivity index (χ3v) is 7.50. The summed E-state index contributed by atoms with van der Waals surface area (Å²) < 4.78 is 0. The fraction of sp³-hybridized carbons (Fsp3) is 0.185. The first-order valence-electron chi connectivity index (χ1n) is 10.7. The number of aromatic carboxylic acids is 2. The van der Waals surface area contributed by atoms with Gasteiger partial charge in [0.25, 0.3) is 0 Å². The fourth-order valence-electron chi connectivity index (χ4n) is 5.15. The molecule has 6 heteroatoms. The van der Waals surface area contributed by atoms with Crippen molar-refractivity contribution in [2.24, 2.45) is 5.92 Å². The molecule has 33 heavy (non-hydrogen) atoms. The molecule has 0 saturated heterocycles. The lowest BCUT2D eigenvalue weighted by Crippen LogP contribution is -2.24. The first kappa shape index (κ1) is 21.7. The normalized spacial score (nSPS) is 16.0. The Balaban J connectivity index is 1.61. The van der Waals surface area contributed by atoms with Crippen molar-refractivity contribution in [3.63, 3.8) is 0 Å². The second-order valence-electron chi connectivity index (χ2n) is 8.50. The predicted molar refractivity (Wildman–Crippen MR) is 128 cm³/mol. The summed E-state index contributed by atoms with van der Waals surface area (Å²) in [5.41, 5.74) is 3.07. The lowest BCUT2D eigenvalue weighted by Gasteiger charge is -2.23. The van der Waals surface area contributed by atoms with E-state index >= 15 is 0 Å². The summed E-state index contributed by atoms with van der Waals surface area (Å²) in [6, 6.07) is 12.5. The summed E-state index contributed by atoms with van der Waals surface area (Å²) in [4.78, 5) is 23.4. The first-order chi connectivity index (χ1) is 15.8. The molecule has 1 unspecified atom stereocenters. The molecule has 0 aromatic heterocycles. The monoisotopic (exact) mass is 478 g/mol. The number of fused-ring (bicyclic) bond motifs is 4. The van der Waals surface area contributed by atoms with E-state index < -0.39 is 11.9 Å². The van der Waals surface area contributed by atoms with Gasteiger partial charge in [0.05, 0.1) is 21.2 Å².